The predicted octanol–water partition coefficient (Wildman–Crippen LogP) is 2.02. The number of halogens is 1. The predicted molar refractivity (Wildman–Crippen MR) is 106 cm³/mol. The van der Waals surface area contributed by atoms with E-state index in [1.807, 2.05) is 16.7 Å². The van der Waals surface area contributed by atoms with Crippen LogP contribution in [0.3, 0.4) is 0 Å². The highest BCUT2D eigenvalue weighted by Gasteiger charge is 2.35. The molecule has 3 atom stereocenters. The molecule has 2 saturated heterocycles. The van der Waals surface area contributed by atoms with E-state index in [4.69, 9.17) is 0 Å². The van der Waals surface area contributed by atoms with Gasteiger partial charge in [0.05, 0.1) is 10.9 Å². The van der Waals surface area contributed by atoms with Crippen LogP contribution >= 0.6 is 0 Å². The number of carbonyl (C=O) groups is 1. The highest BCUT2D eigenvalue weighted by molar-refractivity contribution is 7.89. The minimum absolute atomic E-state index is 0.0265. The summed E-state index contributed by atoms with van der Waals surface area (Å²) in [5.41, 5.74) is 0. The molecule has 1 aromatic rings. The Labute approximate surface area is 167 Å². The van der Waals surface area contributed by atoms with Crippen LogP contribution in [0.25, 0.3) is 0 Å². The van der Waals surface area contributed by atoms with Gasteiger partial charge in [-0.3, -0.25) is 9.69 Å². The van der Waals surface area contributed by atoms with Crippen molar-refractivity contribution in [1.82, 2.24) is 14.1 Å². The van der Waals surface area contributed by atoms with Gasteiger partial charge in [-0.25, -0.2) is 12.8 Å². The minimum atomic E-state index is -3.72. The van der Waals surface area contributed by atoms with Crippen molar-refractivity contribution in [2.24, 2.45) is 11.8 Å². The van der Waals surface area contributed by atoms with Crippen LogP contribution in [-0.2, 0) is 14.8 Å². The van der Waals surface area contributed by atoms with Crippen LogP contribution in [0.5, 0.6) is 0 Å². The molecule has 0 saturated carbocycles. The number of nitrogens with zero attached hydrogens (tertiary/aromatic N) is 3. The Morgan fingerprint density at radius 3 is 2.29 bits per heavy atom. The average Bonchev–Trinajstić information content (AvgIpc) is 2.66. The van der Waals surface area contributed by atoms with Crippen molar-refractivity contribution in [3.63, 3.8) is 0 Å². The maximum absolute atomic E-state index is 13.4. The van der Waals surface area contributed by atoms with E-state index in [0.29, 0.717) is 38.0 Å². The number of piperidine rings is 1. The summed E-state index contributed by atoms with van der Waals surface area (Å²) in [6.07, 6.45) is 1.15. The largest absolute Gasteiger partial charge is 0.341 e. The van der Waals surface area contributed by atoms with Crippen molar-refractivity contribution in [2.75, 3.05) is 39.3 Å². The molecule has 1 aromatic carbocycles. The van der Waals surface area contributed by atoms with Gasteiger partial charge < -0.3 is 4.90 Å². The first-order valence-corrected chi connectivity index (χ1v) is 11.4. The molecule has 0 unspecified atom stereocenters. The lowest BCUT2D eigenvalue weighted by Crippen LogP contribution is -2.56. The Kier molecular flexibility index (Phi) is 6.41. The lowest BCUT2D eigenvalue weighted by molar-refractivity contribution is -0.139. The maximum Gasteiger partial charge on any atom is 0.243 e. The zero-order valence-corrected chi connectivity index (χ0v) is 17.7. The van der Waals surface area contributed by atoms with Crippen LogP contribution in [0.2, 0.25) is 0 Å². The fourth-order valence-electron chi connectivity index (χ4n) is 4.37. The summed E-state index contributed by atoms with van der Waals surface area (Å²) >= 11 is 0. The monoisotopic (exact) mass is 411 g/mol. The van der Waals surface area contributed by atoms with Crippen LogP contribution in [0.1, 0.15) is 27.2 Å². The second-order valence-corrected chi connectivity index (χ2v) is 10.2. The molecule has 0 aromatic heterocycles. The Morgan fingerprint density at radius 1 is 1.11 bits per heavy atom. The second-order valence-electron chi connectivity index (χ2n) is 8.26. The summed E-state index contributed by atoms with van der Waals surface area (Å²) < 4.78 is 40.3. The van der Waals surface area contributed by atoms with E-state index in [2.05, 4.69) is 13.8 Å². The maximum atomic E-state index is 13.4. The van der Waals surface area contributed by atoms with Gasteiger partial charge in [-0.1, -0.05) is 19.9 Å². The highest BCUT2D eigenvalue weighted by atomic mass is 32.2. The van der Waals surface area contributed by atoms with Gasteiger partial charge in [-0.2, -0.15) is 4.31 Å². The number of sulfonamides is 1. The molecule has 3 rings (SSSR count). The molecule has 2 fully saturated rings. The quantitative estimate of drug-likeness (QED) is 0.761. The summed E-state index contributed by atoms with van der Waals surface area (Å²) in [6, 6.07) is 4.82. The summed E-state index contributed by atoms with van der Waals surface area (Å²) in [5, 5.41) is 0. The first-order valence-electron chi connectivity index (χ1n) is 9.97. The van der Waals surface area contributed by atoms with E-state index >= 15 is 0 Å². The molecule has 2 aliphatic rings. The zero-order valence-electron chi connectivity index (χ0n) is 16.8. The smallest absolute Gasteiger partial charge is 0.243 e. The summed E-state index contributed by atoms with van der Waals surface area (Å²) in [5.74, 6) is 0.574. The van der Waals surface area contributed by atoms with E-state index < -0.39 is 15.8 Å². The fourth-order valence-corrected chi connectivity index (χ4v) is 5.83. The van der Waals surface area contributed by atoms with Gasteiger partial charge in [0.2, 0.25) is 15.9 Å². The van der Waals surface area contributed by atoms with Crippen molar-refractivity contribution < 1.29 is 17.6 Å². The minimum Gasteiger partial charge on any atom is -0.341 e. The first-order chi connectivity index (χ1) is 13.2. The van der Waals surface area contributed by atoms with Crippen molar-refractivity contribution in [1.29, 1.82) is 0 Å². The number of hydrogen-bond acceptors (Lipinski definition) is 4. The van der Waals surface area contributed by atoms with Gasteiger partial charge in [-0.15, -0.1) is 0 Å². The SMILES string of the molecule is C[C@@H]1C[C@H](C)CN(C(=O)[C@@H](C)N2CCN(S(=O)(=O)c3cccc(F)c3)CC2)C1. The Balaban J connectivity index is 1.61. The Bertz CT molecular complexity index is 799. The van der Waals surface area contributed by atoms with E-state index in [1.165, 1.54) is 22.5 Å². The molecule has 28 heavy (non-hydrogen) atoms. The molecule has 0 spiro atoms. The number of amides is 1. The van der Waals surface area contributed by atoms with Crippen molar-refractivity contribution in [2.45, 2.75) is 38.1 Å². The molecule has 2 aliphatic heterocycles. The number of hydrogen-bond donors (Lipinski definition) is 0. The van der Waals surface area contributed by atoms with Crippen LogP contribution in [-0.4, -0.2) is 73.7 Å². The number of likely N-dealkylation sites (tertiary alicyclic amines) is 1. The number of rotatable bonds is 4. The highest BCUT2D eigenvalue weighted by Crippen LogP contribution is 2.23. The van der Waals surface area contributed by atoms with E-state index in [1.54, 1.807) is 0 Å². The van der Waals surface area contributed by atoms with Gasteiger partial charge in [0, 0.05) is 39.3 Å². The third-order valence-electron chi connectivity index (χ3n) is 5.79. The van der Waals surface area contributed by atoms with E-state index in [-0.39, 0.29) is 16.8 Å². The topological polar surface area (TPSA) is 60.9 Å². The number of benzene rings is 1. The summed E-state index contributed by atoms with van der Waals surface area (Å²) in [6.45, 7) is 9.41. The van der Waals surface area contributed by atoms with Gasteiger partial charge in [0.25, 0.3) is 0 Å². The number of carbonyl (C=O) groups excluding carboxylic acids is 1. The molecule has 0 radical (unpaired) electrons. The molecule has 8 heteroatoms. The van der Waals surface area contributed by atoms with Crippen molar-refractivity contribution >= 4 is 15.9 Å². The molecule has 0 N–H and O–H groups in total. The molecule has 6 nitrogen and oxygen atoms in total. The van der Waals surface area contributed by atoms with Gasteiger partial charge in [0.15, 0.2) is 0 Å². The van der Waals surface area contributed by atoms with Crippen LogP contribution in [0.4, 0.5) is 4.39 Å². The fraction of sp³-hybridized carbons (Fsp3) is 0.650. The van der Waals surface area contributed by atoms with Crippen LogP contribution < -0.4 is 0 Å². The molecular formula is C20H30FN3O3S. The van der Waals surface area contributed by atoms with Gasteiger partial charge in [0.1, 0.15) is 5.82 Å². The lowest BCUT2D eigenvalue weighted by atomic mass is 9.91. The Morgan fingerprint density at radius 2 is 1.71 bits per heavy atom. The van der Waals surface area contributed by atoms with Crippen molar-refractivity contribution in [3.8, 4) is 0 Å². The molecule has 0 bridgehead atoms. The first kappa shape index (κ1) is 21.2. The van der Waals surface area contributed by atoms with Crippen LogP contribution in [0.15, 0.2) is 29.2 Å². The summed E-state index contributed by atoms with van der Waals surface area (Å²) in [4.78, 5) is 16.9. The Hall–Kier alpha value is -1.51. The second kappa shape index (κ2) is 8.47. The molecular weight excluding hydrogens is 381 g/mol. The summed E-state index contributed by atoms with van der Waals surface area (Å²) in [7, 11) is -3.72. The van der Waals surface area contributed by atoms with Gasteiger partial charge in [-0.05, 0) is 43.4 Å². The molecule has 156 valence electrons. The van der Waals surface area contributed by atoms with Gasteiger partial charge >= 0.3 is 0 Å². The van der Waals surface area contributed by atoms with Crippen LogP contribution in [0, 0.1) is 17.7 Å². The zero-order chi connectivity index (χ0) is 20.5. The number of piperazine rings is 1. The third-order valence-corrected chi connectivity index (χ3v) is 7.69. The van der Waals surface area contributed by atoms with Crippen molar-refractivity contribution in [3.05, 3.63) is 30.1 Å². The lowest BCUT2D eigenvalue weighted by Gasteiger charge is -2.41. The molecule has 1 amide bonds. The average molecular weight is 412 g/mol. The molecule has 0 aliphatic carbocycles. The normalized spacial score (nSPS) is 26.2. The third kappa shape index (κ3) is 4.55. The van der Waals surface area contributed by atoms with E-state index in [0.717, 1.165) is 25.6 Å². The molecule has 2 heterocycles. The van der Waals surface area contributed by atoms with E-state index in [9.17, 15) is 17.6 Å². The standard InChI is InChI=1S/C20H30FN3O3S/c1-15-11-16(2)14-23(13-15)20(25)17(3)22-7-9-24(10-8-22)28(26,27)19-6-4-5-18(21)12-19/h4-6,12,15-17H,7-11,13-14H2,1-3H3/t15-,16+,17-/m1/s1.